The fraction of sp³-hybridized carbons (Fsp3) is 0.200. The van der Waals surface area contributed by atoms with Crippen molar-refractivity contribution in [2.75, 3.05) is 23.3 Å². The van der Waals surface area contributed by atoms with E-state index in [1.807, 2.05) is 0 Å². The topological polar surface area (TPSA) is 146 Å². The fourth-order valence-electron chi connectivity index (χ4n) is 3.67. The van der Waals surface area contributed by atoms with E-state index in [2.05, 4.69) is 4.98 Å². The Labute approximate surface area is 196 Å². The molecule has 2 aliphatic rings. The van der Waals surface area contributed by atoms with Gasteiger partial charge in [-0.05, 0) is 35.6 Å². The van der Waals surface area contributed by atoms with Crippen LogP contribution in [-0.2, 0) is 25.1 Å². The van der Waals surface area contributed by atoms with Crippen LogP contribution in [0.1, 0.15) is 5.82 Å². The van der Waals surface area contributed by atoms with Gasteiger partial charge in [-0.15, -0.1) is 0 Å². The summed E-state index contributed by atoms with van der Waals surface area (Å²) in [5.41, 5.74) is 0.405. The van der Waals surface area contributed by atoms with Gasteiger partial charge in [0, 0.05) is 18.5 Å². The molecule has 5 rings (SSSR count). The number of carbonyl (C=O) groups excluding carboxylic acids is 1. The molecule has 1 aromatic heterocycles. The predicted octanol–water partition coefficient (Wildman–Crippen LogP) is 1.88. The molecule has 184 valence electrons. The van der Waals surface area contributed by atoms with Gasteiger partial charge in [0.15, 0.2) is 5.75 Å². The maximum absolute atomic E-state index is 14.3. The Morgan fingerprint density at radius 1 is 1.29 bits per heavy atom. The van der Waals surface area contributed by atoms with Gasteiger partial charge in [-0.2, -0.15) is 17.2 Å². The normalized spacial score (nSPS) is 18.5. The van der Waals surface area contributed by atoms with E-state index in [1.54, 1.807) is 0 Å². The molecule has 1 atom stereocenters. The van der Waals surface area contributed by atoms with Crippen molar-refractivity contribution in [1.82, 2.24) is 9.55 Å². The van der Waals surface area contributed by atoms with Crippen molar-refractivity contribution < 1.29 is 46.1 Å². The van der Waals surface area contributed by atoms with E-state index in [0.29, 0.717) is 5.69 Å². The average molecular weight is 511 g/mol. The number of aromatic nitrogens is 2. The molecule has 0 radical (unpaired) electrons. The zero-order valence-electron chi connectivity index (χ0n) is 17.5. The summed E-state index contributed by atoms with van der Waals surface area (Å²) >= 11 is 0. The van der Waals surface area contributed by atoms with Crippen LogP contribution in [0.5, 0.6) is 5.75 Å². The Bertz CT molecular complexity index is 1410. The van der Waals surface area contributed by atoms with Crippen molar-refractivity contribution >= 4 is 27.6 Å². The minimum atomic E-state index is -4.29. The number of amides is 1. The molecule has 1 amide bonds. The maximum Gasteiger partial charge on any atom is 0.461 e. The molecule has 0 aliphatic carbocycles. The van der Waals surface area contributed by atoms with Crippen molar-refractivity contribution in [3.8, 4) is 11.4 Å². The lowest BCUT2D eigenvalue weighted by Gasteiger charge is -2.27. The number of imidazole rings is 1. The van der Waals surface area contributed by atoms with Gasteiger partial charge in [0.25, 0.3) is 10.1 Å². The first-order valence-electron chi connectivity index (χ1n) is 9.98. The van der Waals surface area contributed by atoms with Gasteiger partial charge in [0.2, 0.25) is 5.82 Å². The van der Waals surface area contributed by atoms with E-state index in [-0.39, 0.29) is 33.8 Å². The van der Waals surface area contributed by atoms with Gasteiger partial charge in [0.1, 0.15) is 18.4 Å². The predicted molar refractivity (Wildman–Crippen MR) is 113 cm³/mol. The Morgan fingerprint density at radius 3 is 2.86 bits per heavy atom. The van der Waals surface area contributed by atoms with Gasteiger partial charge in [-0.25, -0.2) is 15.0 Å². The molecule has 15 heteroatoms. The van der Waals surface area contributed by atoms with E-state index >= 15 is 0 Å². The number of hydrogen-bond donors (Lipinski definition) is 1. The van der Waals surface area contributed by atoms with Crippen LogP contribution in [0.2, 0.25) is 0 Å². The number of benzene rings is 2. The Hall–Kier alpha value is -3.79. The summed E-state index contributed by atoms with van der Waals surface area (Å²) in [4.78, 5) is 16.8. The molecule has 3 heterocycles. The highest BCUT2D eigenvalue weighted by molar-refractivity contribution is 7.86. The number of halogens is 2. The number of carbonyl (C=O) groups is 1. The van der Waals surface area contributed by atoms with Crippen molar-refractivity contribution in [2.24, 2.45) is 0 Å². The lowest BCUT2D eigenvalue weighted by molar-refractivity contribution is -0.197. The van der Waals surface area contributed by atoms with Crippen molar-refractivity contribution in [2.45, 2.75) is 17.1 Å². The first-order chi connectivity index (χ1) is 16.5. The third kappa shape index (κ3) is 4.14. The number of anilines is 2. The maximum atomic E-state index is 14.3. The molecule has 1 saturated heterocycles. The van der Waals surface area contributed by atoms with E-state index in [4.69, 9.17) is 24.1 Å². The van der Waals surface area contributed by atoms with E-state index in [9.17, 15) is 22.0 Å². The smallest absolute Gasteiger partial charge is 0.441 e. The molecule has 0 bridgehead atoms. The molecule has 35 heavy (non-hydrogen) atoms. The molecule has 12 nitrogen and oxygen atoms in total. The molecule has 3 aromatic rings. The standard InChI is InChI=1S/C20H16F2N4O8S/c21-20(22)18-23-6-7-24(18)16-5-4-12(9-17(16)34-20)25-10-14(33-19(25)27)11-32-35(30,31)15-3-1-2-13(8-15)26(28)29/h1-9,14,28-29H,10-11H2/p+1/t14-/m1/s1. The first kappa shape index (κ1) is 23.0. The Kier molecular flexibility index (Phi) is 5.36. The molecule has 0 saturated carbocycles. The second kappa shape index (κ2) is 8.16. The van der Waals surface area contributed by atoms with Crippen LogP contribution in [0.4, 0.5) is 25.0 Å². The summed E-state index contributed by atoms with van der Waals surface area (Å²) < 4.78 is 69.6. The largest absolute Gasteiger partial charge is 0.461 e. The minimum absolute atomic E-state index is 0.00142. The highest BCUT2D eigenvalue weighted by Gasteiger charge is 2.44. The Morgan fingerprint density at radius 2 is 2.09 bits per heavy atom. The summed E-state index contributed by atoms with van der Waals surface area (Å²) in [7, 11) is -4.29. The van der Waals surface area contributed by atoms with Crippen molar-refractivity contribution in [3.05, 3.63) is 60.7 Å². The summed E-state index contributed by atoms with van der Waals surface area (Å²) in [5.74, 6) is -0.753. The third-order valence-electron chi connectivity index (χ3n) is 5.29. The number of alkyl halides is 2. The summed E-state index contributed by atoms with van der Waals surface area (Å²) in [5, 5.41) is 16.3. The fourth-order valence-corrected chi connectivity index (χ4v) is 4.65. The molecule has 1 fully saturated rings. The molecule has 2 aromatic carbocycles. The molecule has 3 N–H and O–H groups in total. The molecular weight excluding hydrogens is 494 g/mol. The van der Waals surface area contributed by atoms with Crippen LogP contribution in [0, 0.1) is 0 Å². The van der Waals surface area contributed by atoms with E-state index in [0.717, 1.165) is 11.0 Å². The quantitative estimate of drug-likeness (QED) is 0.298. The first-order valence-corrected chi connectivity index (χ1v) is 11.4. The zero-order valence-corrected chi connectivity index (χ0v) is 18.4. The van der Waals surface area contributed by atoms with Gasteiger partial charge in [0.05, 0.1) is 22.8 Å². The SMILES string of the molecule is O=C1O[C@@H](COS(=O)(=O)c2cccc(N(O)[OH2+])c2)CN1c1ccc2c(c1)OC(F)(F)c1nccn1-2. The van der Waals surface area contributed by atoms with Gasteiger partial charge in [-0.3, -0.25) is 18.9 Å². The second-order valence-electron chi connectivity index (χ2n) is 7.56. The highest BCUT2D eigenvalue weighted by Crippen LogP contribution is 2.42. The van der Waals surface area contributed by atoms with Crippen LogP contribution in [0.25, 0.3) is 5.69 Å². The monoisotopic (exact) mass is 511 g/mol. The number of cyclic esters (lactones) is 1. The molecular formula is C20H17F2N4O8S+. The van der Waals surface area contributed by atoms with Crippen LogP contribution >= 0.6 is 0 Å². The van der Waals surface area contributed by atoms with Gasteiger partial charge < -0.3 is 9.47 Å². The number of rotatable bonds is 6. The number of hydrogen-bond acceptors (Lipinski definition) is 9. The third-order valence-corrected chi connectivity index (χ3v) is 6.57. The summed E-state index contributed by atoms with van der Waals surface area (Å²) in [6.07, 6.45) is -2.90. The van der Waals surface area contributed by atoms with Crippen LogP contribution < -0.4 is 14.9 Å². The number of nitrogens with zero attached hydrogens (tertiary/aromatic N) is 4. The minimum Gasteiger partial charge on any atom is -0.441 e. The van der Waals surface area contributed by atoms with Crippen molar-refractivity contribution in [1.29, 1.82) is 0 Å². The molecule has 0 unspecified atom stereocenters. The van der Waals surface area contributed by atoms with E-state index in [1.165, 1.54) is 53.4 Å². The highest BCUT2D eigenvalue weighted by atomic mass is 32.2. The average Bonchev–Trinajstić information content (AvgIpc) is 3.45. The van der Waals surface area contributed by atoms with Crippen molar-refractivity contribution in [3.63, 3.8) is 0 Å². The van der Waals surface area contributed by atoms with Gasteiger partial charge in [-0.1, -0.05) is 6.07 Å². The van der Waals surface area contributed by atoms with Crippen LogP contribution in [0.3, 0.4) is 0 Å². The number of ether oxygens (including phenoxy) is 2. The molecule has 0 spiro atoms. The van der Waals surface area contributed by atoms with E-state index < -0.39 is 40.9 Å². The zero-order chi connectivity index (χ0) is 25.0. The summed E-state index contributed by atoms with van der Waals surface area (Å²) in [6.45, 7) is -0.631. The number of fused-ring (bicyclic) bond motifs is 3. The lowest BCUT2D eigenvalue weighted by atomic mass is 10.2. The molecule has 2 aliphatic heterocycles. The van der Waals surface area contributed by atoms with Crippen LogP contribution in [-0.4, -0.2) is 53.7 Å². The lowest BCUT2D eigenvalue weighted by Crippen LogP contribution is -2.31. The van der Waals surface area contributed by atoms with Crippen LogP contribution in [0.15, 0.2) is 59.8 Å². The summed E-state index contributed by atoms with van der Waals surface area (Å²) in [6, 6.07) is 9.11. The van der Waals surface area contributed by atoms with Gasteiger partial charge >= 0.3 is 12.2 Å². The Balaban J connectivity index is 1.30. The second-order valence-corrected chi connectivity index (χ2v) is 9.17.